The first kappa shape index (κ1) is 14.2. The van der Waals surface area contributed by atoms with Gasteiger partial charge in [0.05, 0.1) is 11.4 Å². The SMILES string of the molecule is CCCC(C)C(CN)N1CCN(C)c2ccccc21. The molecule has 2 atom stereocenters. The molecule has 2 unspecified atom stereocenters. The van der Waals surface area contributed by atoms with Crippen molar-refractivity contribution >= 4 is 11.4 Å². The van der Waals surface area contributed by atoms with E-state index in [-0.39, 0.29) is 0 Å². The highest BCUT2D eigenvalue weighted by molar-refractivity contribution is 5.73. The minimum absolute atomic E-state index is 0.454. The van der Waals surface area contributed by atoms with E-state index in [4.69, 9.17) is 5.73 Å². The predicted octanol–water partition coefficient (Wildman–Crippen LogP) is 2.71. The summed E-state index contributed by atoms with van der Waals surface area (Å²) in [6, 6.07) is 9.13. The molecule has 1 aromatic carbocycles. The first-order chi connectivity index (χ1) is 9.19. The van der Waals surface area contributed by atoms with Crippen LogP contribution >= 0.6 is 0 Å². The number of likely N-dealkylation sites (N-methyl/N-ethyl adjacent to an activating group) is 1. The van der Waals surface area contributed by atoms with Gasteiger partial charge in [-0.1, -0.05) is 32.4 Å². The van der Waals surface area contributed by atoms with Crippen LogP contribution in [-0.4, -0.2) is 32.7 Å². The van der Waals surface area contributed by atoms with E-state index < -0.39 is 0 Å². The van der Waals surface area contributed by atoms with E-state index in [1.807, 2.05) is 0 Å². The fraction of sp³-hybridized carbons (Fsp3) is 0.625. The minimum Gasteiger partial charge on any atom is -0.371 e. The van der Waals surface area contributed by atoms with Crippen LogP contribution in [0.25, 0.3) is 0 Å². The van der Waals surface area contributed by atoms with Gasteiger partial charge in [-0.3, -0.25) is 0 Å². The van der Waals surface area contributed by atoms with Crippen LogP contribution in [0, 0.1) is 5.92 Å². The van der Waals surface area contributed by atoms with E-state index in [2.05, 4.69) is 55.0 Å². The molecule has 3 heteroatoms. The van der Waals surface area contributed by atoms with Crippen LogP contribution < -0.4 is 15.5 Å². The van der Waals surface area contributed by atoms with Crippen LogP contribution in [0.1, 0.15) is 26.7 Å². The Labute approximate surface area is 117 Å². The average Bonchev–Trinajstić information content (AvgIpc) is 2.43. The summed E-state index contributed by atoms with van der Waals surface area (Å²) < 4.78 is 0. The second-order valence-electron chi connectivity index (χ2n) is 5.67. The predicted molar refractivity (Wildman–Crippen MR) is 84.0 cm³/mol. The van der Waals surface area contributed by atoms with Gasteiger partial charge in [-0.15, -0.1) is 0 Å². The van der Waals surface area contributed by atoms with Crippen molar-refractivity contribution in [2.24, 2.45) is 11.7 Å². The molecule has 19 heavy (non-hydrogen) atoms. The molecule has 0 saturated carbocycles. The lowest BCUT2D eigenvalue weighted by Gasteiger charge is -2.43. The number of nitrogens with two attached hydrogens (primary N) is 1. The molecule has 0 saturated heterocycles. The van der Waals surface area contributed by atoms with Gasteiger partial charge < -0.3 is 15.5 Å². The molecule has 2 rings (SSSR count). The smallest absolute Gasteiger partial charge is 0.0607 e. The van der Waals surface area contributed by atoms with Crippen molar-refractivity contribution in [3.05, 3.63) is 24.3 Å². The monoisotopic (exact) mass is 261 g/mol. The maximum Gasteiger partial charge on any atom is 0.0607 e. The summed E-state index contributed by atoms with van der Waals surface area (Å²) >= 11 is 0. The third kappa shape index (κ3) is 2.86. The lowest BCUT2D eigenvalue weighted by atomic mass is 9.94. The number of rotatable bonds is 5. The largest absolute Gasteiger partial charge is 0.371 e. The van der Waals surface area contributed by atoms with Crippen LogP contribution in [0.3, 0.4) is 0 Å². The van der Waals surface area contributed by atoms with Gasteiger partial charge in [-0.2, -0.15) is 0 Å². The van der Waals surface area contributed by atoms with Gasteiger partial charge in [0.1, 0.15) is 0 Å². The molecule has 1 heterocycles. The van der Waals surface area contributed by atoms with Crippen molar-refractivity contribution in [3.8, 4) is 0 Å². The summed E-state index contributed by atoms with van der Waals surface area (Å²) in [6.07, 6.45) is 2.48. The van der Waals surface area contributed by atoms with Gasteiger partial charge in [0, 0.05) is 32.7 Å². The standard InChI is InChI=1S/C16H27N3/c1-4-7-13(2)16(12-17)19-11-10-18(3)14-8-5-6-9-15(14)19/h5-6,8-9,13,16H,4,7,10-12,17H2,1-3H3. The zero-order valence-electron chi connectivity index (χ0n) is 12.5. The van der Waals surface area contributed by atoms with Crippen LogP contribution in [0.15, 0.2) is 24.3 Å². The van der Waals surface area contributed by atoms with Gasteiger partial charge >= 0.3 is 0 Å². The highest BCUT2D eigenvalue weighted by Gasteiger charge is 2.28. The maximum absolute atomic E-state index is 6.07. The van der Waals surface area contributed by atoms with E-state index in [0.717, 1.165) is 19.6 Å². The summed E-state index contributed by atoms with van der Waals surface area (Å²) in [6.45, 7) is 7.47. The topological polar surface area (TPSA) is 32.5 Å². The molecule has 0 fully saturated rings. The Balaban J connectivity index is 2.27. The molecule has 1 aliphatic rings. The van der Waals surface area contributed by atoms with E-state index in [1.165, 1.54) is 24.2 Å². The number of para-hydroxylation sites is 2. The van der Waals surface area contributed by atoms with Crippen LogP contribution in [0.5, 0.6) is 0 Å². The van der Waals surface area contributed by atoms with Crippen LogP contribution in [-0.2, 0) is 0 Å². The van der Waals surface area contributed by atoms with E-state index in [0.29, 0.717) is 12.0 Å². The van der Waals surface area contributed by atoms with E-state index >= 15 is 0 Å². The summed E-state index contributed by atoms with van der Waals surface area (Å²) in [4.78, 5) is 4.86. The highest BCUT2D eigenvalue weighted by atomic mass is 15.3. The normalized spacial score (nSPS) is 18.1. The van der Waals surface area contributed by atoms with E-state index in [9.17, 15) is 0 Å². The molecule has 106 valence electrons. The Kier molecular flexibility index (Phi) is 4.70. The van der Waals surface area contributed by atoms with Crippen molar-refractivity contribution in [1.82, 2.24) is 0 Å². The fourth-order valence-electron chi connectivity index (χ4n) is 3.19. The third-order valence-corrected chi connectivity index (χ3v) is 4.32. The molecule has 0 spiro atoms. The van der Waals surface area contributed by atoms with Gasteiger partial charge in [-0.25, -0.2) is 0 Å². The number of hydrogen-bond donors (Lipinski definition) is 1. The number of anilines is 2. The molecule has 0 bridgehead atoms. The highest BCUT2D eigenvalue weighted by Crippen LogP contribution is 2.34. The quantitative estimate of drug-likeness (QED) is 0.884. The molecule has 2 N–H and O–H groups in total. The summed E-state index contributed by atoms with van der Waals surface area (Å²) in [5.74, 6) is 0.645. The summed E-state index contributed by atoms with van der Waals surface area (Å²) in [7, 11) is 2.17. The number of fused-ring (bicyclic) bond motifs is 1. The molecule has 1 aromatic rings. The Morgan fingerprint density at radius 3 is 2.53 bits per heavy atom. The Morgan fingerprint density at radius 2 is 1.89 bits per heavy atom. The Morgan fingerprint density at radius 1 is 1.21 bits per heavy atom. The fourth-order valence-corrected chi connectivity index (χ4v) is 3.19. The molecule has 0 radical (unpaired) electrons. The average molecular weight is 261 g/mol. The summed E-state index contributed by atoms with van der Waals surface area (Å²) in [5, 5.41) is 0. The van der Waals surface area contributed by atoms with Crippen molar-refractivity contribution in [3.63, 3.8) is 0 Å². The van der Waals surface area contributed by atoms with E-state index in [1.54, 1.807) is 0 Å². The minimum atomic E-state index is 0.454. The zero-order valence-corrected chi connectivity index (χ0v) is 12.5. The number of nitrogens with zero attached hydrogens (tertiary/aromatic N) is 2. The second kappa shape index (κ2) is 6.29. The van der Waals surface area contributed by atoms with Gasteiger partial charge in [-0.05, 0) is 24.5 Å². The van der Waals surface area contributed by atoms with Gasteiger partial charge in [0.15, 0.2) is 0 Å². The molecule has 0 aromatic heterocycles. The molecular weight excluding hydrogens is 234 g/mol. The number of hydrogen-bond acceptors (Lipinski definition) is 3. The lowest BCUT2D eigenvalue weighted by molar-refractivity contribution is 0.399. The molecule has 0 amide bonds. The van der Waals surface area contributed by atoms with Gasteiger partial charge in [0.25, 0.3) is 0 Å². The first-order valence-electron chi connectivity index (χ1n) is 7.45. The van der Waals surface area contributed by atoms with Crippen molar-refractivity contribution in [2.75, 3.05) is 36.5 Å². The number of benzene rings is 1. The molecule has 3 nitrogen and oxygen atoms in total. The Bertz CT molecular complexity index is 405. The Hall–Kier alpha value is -1.22. The first-order valence-corrected chi connectivity index (χ1v) is 7.45. The maximum atomic E-state index is 6.07. The molecule has 1 aliphatic heterocycles. The molecular formula is C16H27N3. The van der Waals surface area contributed by atoms with Crippen LogP contribution in [0.4, 0.5) is 11.4 Å². The lowest BCUT2D eigenvalue weighted by Crippen LogP contribution is -2.50. The second-order valence-corrected chi connectivity index (χ2v) is 5.67. The third-order valence-electron chi connectivity index (χ3n) is 4.32. The summed E-state index contributed by atoms with van der Waals surface area (Å²) in [5.41, 5.74) is 8.74. The van der Waals surface area contributed by atoms with Crippen molar-refractivity contribution in [1.29, 1.82) is 0 Å². The van der Waals surface area contributed by atoms with Gasteiger partial charge in [0.2, 0.25) is 0 Å². The van der Waals surface area contributed by atoms with Crippen molar-refractivity contribution in [2.45, 2.75) is 32.7 Å². The zero-order chi connectivity index (χ0) is 13.8. The van der Waals surface area contributed by atoms with Crippen LogP contribution in [0.2, 0.25) is 0 Å². The molecule has 0 aliphatic carbocycles. The van der Waals surface area contributed by atoms with Crippen molar-refractivity contribution < 1.29 is 0 Å².